The van der Waals surface area contributed by atoms with Gasteiger partial charge < -0.3 is 5.32 Å². The van der Waals surface area contributed by atoms with Crippen LogP contribution in [0.2, 0.25) is 0 Å². The topological polar surface area (TPSA) is 12.0 Å². The average Bonchev–Trinajstić information content (AvgIpc) is 3.22. The summed E-state index contributed by atoms with van der Waals surface area (Å²) in [6, 6.07) is 16.3. The van der Waals surface area contributed by atoms with Crippen LogP contribution in [0.4, 0.5) is 0 Å². The summed E-state index contributed by atoms with van der Waals surface area (Å²) in [5.74, 6) is 0. The molecule has 0 bridgehead atoms. The van der Waals surface area contributed by atoms with Crippen LogP contribution in [0.25, 0.3) is 11.1 Å². The average molecular weight is 251 g/mol. The van der Waals surface area contributed by atoms with Gasteiger partial charge in [0.25, 0.3) is 0 Å². The normalized spacial score (nSPS) is 14.6. The molecule has 0 atom stereocenters. The molecular formula is C18H21N. The smallest absolute Gasteiger partial charge is 0.0208 e. The van der Waals surface area contributed by atoms with Crippen molar-refractivity contribution in [2.45, 2.75) is 39.3 Å². The van der Waals surface area contributed by atoms with E-state index in [4.69, 9.17) is 0 Å². The fraction of sp³-hybridized carbons (Fsp3) is 0.333. The van der Waals surface area contributed by atoms with Crippen LogP contribution in [0.15, 0.2) is 42.5 Å². The van der Waals surface area contributed by atoms with Crippen LogP contribution < -0.4 is 5.32 Å². The molecule has 2 aromatic rings. The van der Waals surface area contributed by atoms with Gasteiger partial charge in [-0.1, -0.05) is 42.0 Å². The molecule has 1 N–H and O–H groups in total. The van der Waals surface area contributed by atoms with Crippen molar-refractivity contribution in [2.75, 3.05) is 0 Å². The molecule has 0 aliphatic heterocycles. The minimum atomic E-state index is 0.767. The first-order valence-electron chi connectivity index (χ1n) is 7.12. The van der Waals surface area contributed by atoms with Crippen LogP contribution >= 0.6 is 0 Å². The highest BCUT2D eigenvalue weighted by Crippen LogP contribution is 2.26. The van der Waals surface area contributed by atoms with E-state index in [1.807, 2.05) is 0 Å². The maximum absolute atomic E-state index is 3.58. The molecular weight excluding hydrogens is 230 g/mol. The maximum Gasteiger partial charge on any atom is 0.0208 e. The van der Waals surface area contributed by atoms with E-state index < -0.39 is 0 Å². The van der Waals surface area contributed by atoms with Crippen molar-refractivity contribution in [1.82, 2.24) is 5.32 Å². The van der Waals surface area contributed by atoms with Gasteiger partial charge >= 0.3 is 0 Å². The highest BCUT2D eigenvalue weighted by molar-refractivity contribution is 5.68. The first-order valence-corrected chi connectivity index (χ1v) is 7.12. The second-order valence-electron chi connectivity index (χ2n) is 5.67. The van der Waals surface area contributed by atoms with E-state index >= 15 is 0 Å². The number of benzene rings is 2. The Balaban J connectivity index is 1.88. The molecule has 1 fully saturated rings. The highest BCUT2D eigenvalue weighted by atomic mass is 14.9. The summed E-state index contributed by atoms with van der Waals surface area (Å²) in [7, 11) is 0. The van der Waals surface area contributed by atoms with Gasteiger partial charge in [-0.15, -0.1) is 0 Å². The number of aryl methyl sites for hydroxylation is 2. The van der Waals surface area contributed by atoms with E-state index in [0.29, 0.717) is 0 Å². The third-order valence-corrected chi connectivity index (χ3v) is 3.80. The van der Waals surface area contributed by atoms with Crippen LogP contribution in [0.3, 0.4) is 0 Å². The molecule has 1 nitrogen and oxygen atoms in total. The lowest BCUT2D eigenvalue weighted by Gasteiger charge is -2.10. The largest absolute Gasteiger partial charge is 0.310 e. The van der Waals surface area contributed by atoms with Gasteiger partial charge in [-0.25, -0.2) is 0 Å². The van der Waals surface area contributed by atoms with Crippen molar-refractivity contribution in [2.24, 2.45) is 0 Å². The first-order chi connectivity index (χ1) is 9.22. The monoisotopic (exact) mass is 251 g/mol. The Morgan fingerprint density at radius 1 is 1.05 bits per heavy atom. The van der Waals surface area contributed by atoms with Crippen molar-refractivity contribution < 1.29 is 0 Å². The molecule has 0 spiro atoms. The lowest BCUT2D eigenvalue weighted by Crippen LogP contribution is -2.15. The van der Waals surface area contributed by atoms with Gasteiger partial charge in [0.1, 0.15) is 0 Å². The summed E-state index contributed by atoms with van der Waals surface area (Å²) < 4.78 is 0. The third-order valence-electron chi connectivity index (χ3n) is 3.80. The molecule has 1 saturated carbocycles. The summed E-state index contributed by atoms with van der Waals surface area (Å²) in [6.07, 6.45) is 2.69. The fourth-order valence-corrected chi connectivity index (χ4v) is 2.45. The quantitative estimate of drug-likeness (QED) is 0.857. The Morgan fingerprint density at radius 3 is 2.63 bits per heavy atom. The number of rotatable bonds is 4. The molecule has 1 aliphatic carbocycles. The summed E-state index contributed by atoms with van der Waals surface area (Å²) in [6.45, 7) is 5.33. The van der Waals surface area contributed by atoms with E-state index in [1.54, 1.807) is 0 Å². The molecule has 0 heterocycles. The lowest BCUT2D eigenvalue weighted by atomic mass is 9.97. The minimum Gasteiger partial charge on any atom is -0.310 e. The minimum absolute atomic E-state index is 0.767. The van der Waals surface area contributed by atoms with Crippen LogP contribution in [0.1, 0.15) is 29.5 Å². The zero-order valence-corrected chi connectivity index (χ0v) is 11.7. The van der Waals surface area contributed by atoms with Gasteiger partial charge in [-0.05, 0) is 55.0 Å². The first kappa shape index (κ1) is 12.4. The van der Waals surface area contributed by atoms with Crippen molar-refractivity contribution in [3.63, 3.8) is 0 Å². The molecule has 0 saturated heterocycles. The molecule has 2 aromatic carbocycles. The molecule has 19 heavy (non-hydrogen) atoms. The molecule has 0 aromatic heterocycles. The second-order valence-corrected chi connectivity index (χ2v) is 5.67. The maximum atomic E-state index is 3.58. The zero-order chi connectivity index (χ0) is 13.2. The Labute approximate surface area is 115 Å². The SMILES string of the molecule is Cc1cccc(-c2cc(CNC3CC3)ccc2C)c1. The van der Waals surface area contributed by atoms with E-state index in [1.165, 1.54) is 40.7 Å². The molecule has 3 rings (SSSR count). The van der Waals surface area contributed by atoms with E-state index in [9.17, 15) is 0 Å². The summed E-state index contributed by atoms with van der Waals surface area (Å²) >= 11 is 0. The number of hydrogen-bond acceptors (Lipinski definition) is 1. The molecule has 1 heteroatoms. The van der Waals surface area contributed by atoms with Gasteiger partial charge in [0.2, 0.25) is 0 Å². The predicted molar refractivity (Wildman–Crippen MR) is 81.2 cm³/mol. The summed E-state index contributed by atoms with van der Waals surface area (Å²) in [5.41, 5.74) is 6.73. The van der Waals surface area contributed by atoms with Crippen molar-refractivity contribution in [3.05, 3.63) is 59.2 Å². The standard InChI is InChI=1S/C18H21N/c1-13-4-3-5-16(10-13)18-11-15(7-6-14(18)2)12-19-17-8-9-17/h3-7,10-11,17,19H,8-9,12H2,1-2H3. The molecule has 0 radical (unpaired) electrons. The van der Waals surface area contributed by atoms with Gasteiger partial charge in [-0.3, -0.25) is 0 Å². The van der Waals surface area contributed by atoms with Crippen molar-refractivity contribution in [1.29, 1.82) is 0 Å². The number of nitrogens with one attached hydrogen (secondary N) is 1. The Hall–Kier alpha value is -1.60. The second kappa shape index (κ2) is 5.18. The fourth-order valence-electron chi connectivity index (χ4n) is 2.45. The van der Waals surface area contributed by atoms with Crippen LogP contribution in [0.5, 0.6) is 0 Å². The predicted octanol–water partition coefficient (Wildman–Crippen LogP) is 4.22. The van der Waals surface area contributed by atoms with Gasteiger partial charge in [0.05, 0.1) is 0 Å². The van der Waals surface area contributed by atoms with Crippen LogP contribution in [0, 0.1) is 13.8 Å². The van der Waals surface area contributed by atoms with Gasteiger partial charge in [0, 0.05) is 12.6 Å². The Bertz CT molecular complexity index is 582. The molecule has 1 aliphatic rings. The molecule has 98 valence electrons. The molecule has 0 unspecified atom stereocenters. The number of hydrogen-bond donors (Lipinski definition) is 1. The zero-order valence-electron chi connectivity index (χ0n) is 11.7. The Morgan fingerprint density at radius 2 is 1.89 bits per heavy atom. The van der Waals surface area contributed by atoms with Crippen molar-refractivity contribution in [3.8, 4) is 11.1 Å². The van der Waals surface area contributed by atoms with E-state index in [-0.39, 0.29) is 0 Å². The van der Waals surface area contributed by atoms with Crippen LogP contribution in [-0.2, 0) is 6.54 Å². The van der Waals surface area contributed by atoms with Gasteiger partial charge in [0.15, 0.2) is 0 Å². The Kier molecular flexibility index (Phi) is 3.39. The summed E-state index contributed by atoms with van der Waals surface area (Å²) in [4.78, 5) is 0. The third kappa shape index (κ3) is 3.05. The van der Waals surface area contributed by atoms with E-state index in [0.717, 1.165) is 12.6 Å². The van der Waals surface area contributed by atoms with Crippen LogP contribution in [-0.4, -0.2) is 6.04 Å². The van der Waals surface area contributed by atoms with Crippen molar-refractivity contribution >= 4 is 0 Å². The van der Waals surface area contributed by atoms with Gasteiger partial charge in [-0.2, -0.15) is 0 Å². The van der Waals surface area contributed by atoms with E-state index in [2.05, 4.69) is 61.6 Å². The lowest BCUT2D eigenvalue weighted by molar-refractivity contribution is 0.688. The summed E-state index contributed by atoms with van der Waals surface area (Å²) in [5, 5.41) is 3.58. The highest BCUT2D eigenvalue weighted by Gasteiger charge is 2.19. The molecule has 0 amide bonds.